The van der Waals surface area contributed by atoms with E-state index in [4.69, 9.17) is 0 Å². The van der Waals surface area contributed by atoms with Gasteiger partial charge in [-0.1, -0.05) is 6.07 Å². The maximum Gasteiger partial charge on any atom is 0.216 e. The number of nitrogens with zero attached hydrogens (tertiary/aromatic N) is 3. The Morgan fingerprint density at radius 3 is 2.70 bits per heavy atom. The van der Waals surface area contributed by atoms with E-state index in [0.717, 1.165) is 22.2 Å². The summed E-state index contributed by atoms with van der Waals surface area (Å²) in [6, 6.07) is 7.22. The van der Waals surface area contributed by atoms with Gasteiger partial charge in [-0.2, -0.15) is 4.39 Å². The lowest BCUT2D eigenvalue weighted by Gasteiger charge is -2.06. The largest absolute Gasteiger partial charge is 0.346 e. The lowest BCUT2D eigenvalue weighted by atomic mass is 10.0. The minimum Gasteiger partial charge on any atom is -0.346 e. The van der Waals surface area contributed by atoms with Crippen LogP contribution < -0.4 is 0 Å². The number of pyridine rings is 3. The Bertz CT molecular complexity index is 1100. The molecule has 0 aliphatic carbocycles. The Labute approximate surface area is 155 Å². The van der Waals surface area contributed by atoms with Crippen LogP contribution in [0.3, 0.4) is 0 Å². The predicted molar refractivity (Wildman–Crippen MR) is 99.4 cm³/mol. The lowest BCUT2D eigenvalue weighted by Crippen LogP contribution is -2.02. The van der Waals surface area contributed by atoms with E-state index >= 15 is 0 Å². The van der Waals surface area contributed by atoms with E-state index < -0.39 is 5.95 Å². The highest BCUT2D eigenvalue weighted by Gasteiger charge is 2.11. The molecule has 0 saturated carbocycles. The van der Waals surface area contributed by atoms with Gasteiger partial charge in [-0.25, -0.2) is 14.4 Å². The van der Waals surface area contributed by atoms with E-state index in [9.17, 15) is 8.78 Å². The first-order valence-electron chi connectivity index (χ1n) is 8.75. The van der Waals surface area contributed by atoms with E-state index in [1.54, 1.807) is 30.6 Å². The van der Waals surface area contributed by atoms with Crippen molar-refractivity contribution in [1.82, 2.24) is 19.9 Å². The van der Waals surface area contributed by atoms with Crippen molar-refractivity contribution in [2.45, 2.75) is 26.2 Å². The van der Waals surface area contributed by atoms with Gasteiger partial charge in [0.1, 0.15) is 11.5 Å². The predicted octanol–water partition coefficient (Wildman–Crippen LogP) is 4.32. The second kappa shape index (κ2) is 7.23. The molecule has 4 heterocycles. The number of H-pyrrole nitrogens is 1. The van der Waals surface area contributed by atoms with Gasteiger partial charge in [0.2, 0.25) is 5.95 Å². The first-order valence-corrected chi connectivity index (χ1v) is 8.75. The molecule has 0 fully saturated rings. The van der Waals surface area contributed by atoms with E-state index in [0.29, 0.717) is 36.1 Å². The average Bonchev–Trinajstić information content (AvgIpc) is 3.05. The Morgan fingerprint density at radius 2 is 1.89 bits per heavy atom. The van der Waals surface area contributed by atoms with Crippen LogP contribution in [0, 0.1) is 18.7 Å². The third kappa shape index (κ3) is 3.69. The summed E-state index contributed by atoms with van der Waals surface area (Å²) < 4.78 is 28.1. The second-order valence-corrected chi connectivity index (χ2v) is 6.62. The number of rotatable bonds is 5. The number of nitrogens with one attached hydrogen (secondary N) is 1. The highest BCUT2D eigenvalue weighted by atomic mass is 19.1. The van der Waals surface area contributed by atoms with Gasteiger partial charge < -0.3 is 4.98 Å². The van der Waals surface area contributed by atoms with Gasteiger partial charge in [-0.15, -0.1) is 0 Å². The van der Waals surface area contributed by atoms with Crippen LogP contribution in [-0.4, -0.2) is 19.9 Å². The summed E-state index contributed by atoms with van der Waals surface area (Å²) >= 11 is 0. The molecular weight excluding hydrogens is 346 g/mol. The zero-order chi connectivity index (χ0) is 18.8. The molecule has 0 aliphatic heterocycles. The average molecular weight is 364 g/mol. The van der Waals surface area contributed by atoms with Crippen molar-refractivity contribution in [3.63, 3.8) is 0 Å². The quantitative estimate of drug-likeness (QED) is 0.537. The van der Waals surface area contributed by atoms with Gasteiger partial charge in [-0.05, 0) is 54.7 Å². The van der Waals surface area contributed by atoms with Crippen LogP contribution in [0.4, 0.5) is 8.78 Å². The molecule has 27 heavy (non-hydrogen) atoms. The molecule has 0 unspecified atom stereocenters. The molecule has 0 radical (unpaired) electrons. The van der Waals surface area contributed by atoms with Crippen LogP contribution in [0.15, 0.2) is 49.1 Å². The zero-order valence-corrected chi connectivity index (χ0v) is 14.8. The standard InChI is InChI=1S/C21H18F2N4/c1-13-8-18-16(11-26-21(18)25-10-13)9-15-3-5-17(27-20(15)23)4-2-14-6-7-24-12-19(14)22/h3,5-8,10-12H,2,4,9H2,1H3,(H,25,26). The molecule has 4 rings (SSSR count). The summed E-state index contributed by atoms with van der Waals surface area (Å²) in [4.78, 5) is 15.3. The van der Waals surface area contributed by atoms with Crippen molar-refractivity contribution >= 4 is 11.0 Å². The highest BCUT2D eigenvalue weighted by Crippen LogP contribution is 2.22. The van der Waals surface area contributed by atoms with E-state index in [1.165, 1.54) is 6.20 Å². The molecule has 0 spiro atoms. The molecule has 6 heteroatoms. The molecule has 0 atom stereocenters. The molecule has 0 aromatic carbocycles. The third-order valence-electron chi connectivity index (χ3n) is 4.62. The monoisotopic (exact) mass is 364 g/mol. The smallest absolute Gasteiger partial charge is 0.216 e. The fourth-order valence-electron chi connectivity index (χ4n) is 3.15. The summed E-state index contributed by atoms with van der Waals surface area (Å²) in [5.41, 5.74) is 4.51. The molecule has 136 valence electrons. The first-order chi connectivity index (χ1) is 13.1. The highest BCUT2D eigenvalue weighted by molar-refractivity contribution is 5.80. The van der Waals surface area contributed by atoms with E-state index in [-0.39, 0.29) is 5.82 Å². The maximum absolute atomic E-state index is 14.5. The topological polar surface area (TPSA) is 54.5 Å². The van der Waals surface area contributed by atoms with E-state index in [2.05, 4.69) is 19.9 Å². The Hall–Kier alpha value is -3.15. The number of halogens is 2. The number of hydrogen-bond donors (Lipinski definition) is 1. The van der Waals surface area contributed by atoms with Crippen molar-refractivity contribution in [2.75, 3.05) is 0 Å². The number of aryl methyl sites for hydroxylation is 3. The van der Waals surface area contributed by atoms with Gasteiger partial charge >= 0.3 is 0 Å². The molecule has 0 amide bonds. The van der Waals surface area contributed by atoms with E-state index in [1.807, 2.05) is 19.2 Å². The summed E-state index contributed by atoms with van der Waals surface area (Å²) in [6.07, 6.45) is 7.74. The third-order valence-corrected chi connectivity index (χ3v) is 4.62. The van der Waals surface area contributed by atoms with Crippen molar-refractivity contribution in [1.29, 1.82) is 0 Å². The molecule has 4 aromatic rings. The summed E-state index contributed by atoms with van der Waals surface area (Å²) in [6.45, 7) is 1.98. The maximum atomic E-state index is 14.5. The number of aromatic nitrogens is 4. The number of fused-ring (bicyclic) bond motifs is 1. The molecule has 4 nitrogen and oxygen atoms in total. The Balaban J connectivity index is 1.51. The van der Waals surface area contributed by atoms with Crippen LogP contribution in [0.5, 0.6) is 0 Å². The second-order valence-electron chi connectivity index (χ2n) is 6.62. The summed E-state index contributed by atoms with van der Waals surface area (Å²) in [5, 5.41) is 0.992. The van der Waals surface area contributed by atoms with Crippen molar-refractivity contribution < 1.29 is 8.78 Å². The van der Waals surface area contributed by atoms with Crippen LogP contribution >= 0.6 is 0 Å². The number of aromatic amines is 1. The fourth-order valence-corrected chi connectivity index (χ4v) is 3.15. The van der Waals surface area contributed by atoms with Gasteiger partial charge in [0.05, 0.1) is 6.20 Å². The summed E-state index contributed by atoms with van der Waals surface area (Å²) in [7, 11) is 0. The minimum absolute atomic E-state index is 0.349. The lowest BCUT2D eigenvalue weighted by molar-refractivity contribution is 0.561. The van der Waals surface area contributed by atoms with Gasteiger partial charge in [0.25, 0.3) is 0 Å². The summed E-state index contributed by atoms with van der Waals surface area (Å²) in [5.74, 6) is -0.838. The van der Waals surface area contributed by atoms with Crippen molar-refractivity contribution in [3.8, 4) is 0 Å². The minimum atomic E-state index is -0.488. The number of hydrogen-bond acceptors (Lipinski definition) is 3. The molecular formula is C21H18F2N4. The Kier molecular flexibility index (Phi) is 4.62. The molecule has 0 bridgehead atoms. The van der Waals surface area contributed by atoms with Crippen LogP contribution in [0.2, 0.25) is 0 Å². The zero-order valence-electron chi connectivity index (χ0n) is 14.8. The normalized spacial score (nSPS) is 11.2. The first kappa shape index (κ1) is 17.3. The molecule has 0 aliphatic rings. The molecule has 1 N–H and O–H groups in total. The Morgan fingerprint density at radius 1 is 1.00 bits per heavy atom. The van der Waals surface area contributed by atoms with Crippen LogP contribution in [0.25, 0.3) is 11.0 Å². The van der Waals surface area contributed by atoms with Crippen molar-refractivity contribution in [2.24, 2.45) is 0 Å². The fraction of sp³-hybridized carbons (Fsp3) is 0.190. The van der Waals surface area contributed by atoms with Gasteiger partial charge in [-0.3, -0.25) is 4.98 Å². The molecule has 4 aromatic heterocycles. The van der Waals surface area contributed by atoms with Crippen molar-refractivity contribution in [3.05, 3.63) is 88.8 Å². The van der Waals surface area contributed by atoms with Crippen LogP contribution in [-0.2, 0) is 19.3 Å². The van der Waals surface area contributed by atoms with Gasteiger partial charge in [0, 0.05) is 41.7 Å². The van der Waals surface area contributed by atoms with Gasteiger partial charge in [0.15, 0.2) is 0 Å². The SMILES string of the molecule is Cc1cnc2[nH]cc(Cc3ccc(CCc4ccncc4F)nc3F)c2c1. The molecule has 0 saturated heterocycles. The van der Waals surface area contributed by atoms with Crippen LogP contribution in [0.1, 0.15) is 27.9 Å².